The van der Waals surface area contributed by atoms with Crippen molar-refractivity contribution < 1.29 is 17.9 Å². The molecule has 32 heavy (non-hydrogen) atoms. The first-order valence-corrected chi connectivity index (χ1v) is 10.00. The van der Waals surface area contributed by atoms with Crippen LogP contribution in [0.3, 0.4) is 0 Å². The van der Waals surface area contributed by atoms with Crippen LogP contribution < -0.4 is 21.1 Å². The Morgan fingerprint density at radius 2 is 1.81 bits per heavy atom. The minimum atomic E-state index is -4.72. The predicted molar refractivity (Wildman–Crippen MR) is 113 cm³/mol. The number of aromatic amines is 1. The van der Waals surface area contributed by atoms with Crippen LogP contribution >= 0.6 is 0 Å². The number of H-pyrrole nitrogens is 1. The molecule has 5 N–H and O–H groups in total. The topological polar surface area (TPSA) is 122 Å². The Labute approximate surface area is 182 Å². The van der Waals surface area contributed by atoms with Crippen LogP contribution in [-0.4, -0.2) is 64.2 Å². The Morgan fingerprint density at radius 3 is 2.41 bits per heavy atom. The molecule has 0 spiro atoms. The standard InChI is InChI=1S/C20H23F3N8O/c21-20(22,23)32-15-3-1-13(2-4-15)16(9-24)30-5-7-31(8-6-30)19-17(14-10-28-29-11-14)18(25)26-12-27-19/h1-4,10-12,16H,5-9,24H2,(H,28,29)(H2,25,26,27). The molecular weight excluding hydrogens is 425 g/mol. The van der Waals surface area contributed by atoms with Crippen LogP contribution in [0.5, 0.6) is 5.75 Å². The molecule has 0 radical (unpaired) electrons. The lowest BCUT2D eigenvalue weighted by Crippen LogP contribution is -2.49. The van der Waals surface area contributed by atoms with Crippen LogP contribution in [0.15, 0.2) is 43.0 Å². The van der Waals surface area contributed by atoms with Crippen molar-refractivity contribution in [2.24, 2.45) is 5.73 Å². The molecule has 170 valence electrons. The molecule has 0 bridgehead atoms. The van der Waals surface area contributed by atoms with Gasteiger partial charge in [0.05, 0.1) is 11.8 Å². The summed E-state index contributed by atoms with van der Waals surface area (Å²) >= 11 is 0. The van der Waals surface area contributed by atoms with Gasteiger partial charge in [-0.05, 0) is 17.7 Å². The van der Waals surface area contributed by atoms with Gasteiger partial charge in [-0.15, -0.1) is 13.2 Å². The van der Waals surface area contributed by atoms with Crippen LogP contribution in [0.2, 0.25) is 0 Å². The summed E-state index contributed by atoms with van der Waals surface area (Å²) in [4.78, 5) is 12.9. The maximum atomic E-state index is 12.4. The zero-order valence-electron chi connectivity index (χ0n) is 17.1. The van der Waals surface area contributed by atoms with Crippen molar-refractivity contribution in [3.8, 4) is 16.9 Å². The highest BCUT2D eigenvalue weighted by Crippen LogP contribution is 2.33. The Morgan fingerprint density at radius 1 is 1.09 bits per heavy atom. The second kappa shape index (κ2) is 9.01. The fourth-order valence-corrected chi connectivity index (χ4v) is 3.93. The third kappa shape index (κ3) is 4.75. The molecule has 4 rings (SSSR count). The van der Waals surface area contributed by atoms with Gasteiger partial charge >= 0.3 is 6.36 Å². The number of hydrogen-bond acceptors (Lipinski definition) is 8. The zero-order valence-corrected chi connectivity index (χ0v) is 17.1. The number of rotatable bonds is 6. The fraction of sp³-hybridized carbons (Fsp3) is 0.350. The molecule has 1 aromatic carbocycles. The predicted octanol–water partition coefficient (Wildman–Crippen LogP) is 2.17. The number of nitrogens with one attached hydrogen (secondary N) is 1. The number of ether oxygens (including phenoxy) is 1. The highest BCUT2D eigenvalue weighted by molar-refractivity contribution is 5.83. The maximum Gasteiger partial charge on any atom is 0.573 e. The SMILES string of the molecule is NCC(c1ccc(OC(F)(F)F)cc1)N1CCN(c2ncnc(N)c2-c2cn[nH]c2)CC1. The summed E-state index contributed by atoms with van der Waals surface area (Å²) < 4.78 is 41.1. The number of alkyl halides is 3. The second-order valence-electron chi connectivity index (χ2n) is 7.34. The number of anilines is 2. The first-order valence-electron chi connectivity index (χ1n) is 10.00. The van der Waals surface area contributed by atoms with Crippen molar-refractivity contribution in [3.63, 3.8) is 0 Å². The van der Waals surface area contributed by atoms with E-state index in [0.29, 0.717) is 38.5 Å². The van der Waals surface area contributed by atoms with Crippen molar-refractivity contribution >= 4 is 11.6 Å². The molecule has 1 aliphatic rings. The van der Waals surface area contributed by atoms with Gasteiger partial charge in [0.15, 0.2) is 0 Å². The Balaban J connectivity index is 1.46. The van der Waals surface area contributed by atoms with Crippen molar-refractivity contribution in [1.29, 1.82) is 0 Å². The average Bonchev–Trinajstić information content (AvgIpc) is 3.29. The van der Waals surface area contributed by atoms with E-state index in [1.807, 2.05) is 0 Å². The Hall–Kier alpha value is -3.38. The number of halogens is 3. The molecule has 2 aromatic heterocycles. The molecule has 1 unspecified atom stereocenters. The van der Waals surface area contributed by atoms with E-state index in [9.17, 15) is 13.2 Å². The summed E-state index contributed by atoms with van der Waals surface area (Å²) in [6.07, 6.45) is 0.134. The van der Waals surface area contributed by atoms with Gasteiger partial charge in [-0.3, -0.25) is 10.00 Å². The van der Waals surface area contributed by atoms with Gasteiger partial charge in [-0.1, -0.05) is 12.1 Å². The largest absolute Gasteiger partial charge is 0.573 e. The van der Waals surface area contributed by atoms with Gasteiger partial charge in [0, 0.05) is 50.5 Å². The van der Waals surface area contributed by atoms with E-state index in [1.54, 1.807) is 24.5 Å². The normalized spacial score (nSPS) is 16.2. The maximum absolute atomic E-state index is 12.4. The molecule has 3 aromatic rings. The zero-order chi connectivity index (χ0) is 22.7. The van der Waals surface area contributed by atoms with Crippen molar-refractivity contribution in [1.82, 2.24) is 25.1 Å². The van der Waals surface area contributed by atoms with Crippen molar-refractivity contribution in [2.45, 2.75) is 12.4 Å². The van der Waals surface area contributed by atoms with Gasteiger partial charge in [0.2, 0.25) is 0 Å². The van der Waals surface area contributed by atoms with Gasteiger partial charge < -0.3 is 21.1 Å². The molecule has 1 atom stereocenters. The Bertz CT molecular complexity index is 1020. The van der Waals surface area contributed by atoms with E-state index in [0.717, 1.165) is 22.5 Å². The smallest absolute Gasteiger partial charge is 0.406 e. The summed E-state index contributed by atoms with van der Waals surface area (Å²) in [7, 11) is 0. The lowest BCUT2D eigenvalue weighted by atomic mass is 10.0. The number of benzene rings is 1. The first-order chi connectivity index (χ1) is 15.4. The highest BCUT2D eigenvalue weighted by Gasteiger charge is 2.31. The molecule has 0 amide bonds. The molecule has 0 aliphatic carbocycles. The van der Waals surface area contributed by atoms with E-state index < -0.39 is 6.36 Å². The molecule has 0 saturated carbocycles. The first kappa shape index (κ1) is 21.8. The van der Waals surface area contributed by atoms with Gasteiger partial charge in [-0.25, -0.2) is 9.97 Å². The number of nitrogen functional groups attached to an aromatic ring is 1. The molecule has 12 heteroatoms. The second-order valence-corrected chi connectivity index (χ2v) is 7.34. The highest BCUT2D eigenvalue weighted by atomic mass is 19.4. The summed E-state index contributed by atoms with van der Waals surface area (Å²) in [5.41, 5.74) is 14.5. The fourth-order valence-electron chi connectivity index (χ4n) is 3.93. The van der Waals surface area contributed by atoms with Crippen LogP contribution in [0.25, 0.3) is 11.1 Å². The number of aromatic nitrogens is 4. The number of piperazine rings is 1. The third-order valence-electron chi connectivity index (χ3n) is 5.42. The quantitative estimate of drug-likeness (QED) is 0.525. The lowest BCUT2D eigenvalue weighted by molar-refractivity contribution is -0.274. The van der Waals surface area contributed by atoms with Gasteiger partial charge in [-0.2, -0.15) is 5.10 Å². The summed E-state index contributed by atoms with van der Waals surface area (Å²) in [6.45, 7) is 3.06. The van der Waals surface area contributed by atoms with E-state index in [2.05, 4.69) is 34.7 Å². The Kier molecular flexibility index (Phi) is 6.15. The van der Waals surface area contributed by atoms with Crippen LogP contribution in [-0.2, 0) is 0 Å². The van der Waals surface area contributed by atoms with Crippen molar-refractivity contribution in [2.75, 3.05) is 43.4 Å². The van der Waals surface area contributed by atoms with Crippen LogP contribution in [0.1, 0.15) is 11.6 Å². The molecule has 3 heterocycles. The lowest BCUT2D eigenvalue weighted by Gasteiger charge is -2.40. The number of nitrogens with two attached hydrogens (primary N) is 2. The van der Waals surface area contributed by atoms with E-state index in [-0.39, 0.29) is 11.8 Å². The van der Waals surface area contributed by atoms with Crippen molar-refractivity contribution in [3.05, 3.63) is 48.5 Å². The minimum absolute atomic E-state index is 0.124. The monoisotopic (exact) mass is 448 g/mol. The third-order valence-corrected chi connectivity index (χ3v) is 5.42. The average molecular weight is 448 g/mol. The molecule has 9 nitrogen and oxygen atoms in total. The minimum Gasteiger partial charge on any atom is -0.406 e. The molecule has 1 aliphatic heterocycles. The van der Waals surface area contributed by atoms with E-state index >= 15 is 0 Å². The van der Waals surface area contributed by atoms with E-state index in [4.69, 9.17) is 11.5 Å². The number of nitrogens with zero attached hydrogens (tertiary/aromatic N) is 5. The molecule has 1 saturated heterocycles. The molecule has 1 fully saturated rings. The van der Waals surface area contributed by atoms with Crippen LogP contribution in [0.4, 0.5) is 24.8 Å². The van der Waals surface area contributed by atoms with Gasteiger partial charge in [0.1, 0.15) is 23.7 Å². The summed E-state index contributed by atoms with van der Waals surface area (Å²) in [5, 5.41) is 6.76. The molecular formula is C20H23F3N8O. The summed E-state index contributed by atoms with van der Waals surface area (Å²) in [6, 6.07) is 5.73. The van der Waals surface area contributed by atoms with E-state index in [1.165, 1.54) is 18.5 Å². The summed E-state index contributed by atoms with van der Waals surface area (Å²) in [5.74, 6) is 0.853. The van der Waals surface area contributed by atoms with Gasteiger partial charge in [0.25, 0.3) is 0 Å². The number of hydrogen-bond donors (Lipinski definition) is 3. The van der Waals surface area contributed by atoms with Crippen LogP contribution in [0, 0.1) is 0 Å².